The third kappa shape index (κ3) is 3.14. The summed E-state index contributed by atoms with van der Waals surface area (Å²) in [4.78, 5) is 18.0. The van der Waals surface area contributed by atoms with Crippen LogP contribution in [0.25, 0.3) is 22.4 Å². The van der Waals surface area contributed by atoms with E-state index in [1.54, 1.807) is 6.20 Å². The summed E-state index contributed by atoms with van der Waals surface area (Å²) in [5.74, 6) is -0.609. The van der Waals surface area contributed by atoms with E-state index >= 15 is 0 Å². The van der Waals surface area contributed by atoms with Gasteiger partial charge in [-0.25, -0.2) is 28.7 Å². The highest BCUT2D eigenvalue weighted by atomic mass is 19.1. The number of ether oxygens (including phenoxy) is 1. The SMILES string of the molecule is Cc1cnc2c(-c3ccc(F)cc3F)nc([C@H]3CCO[C@@H](C)C3)nc2n1. The quantitative estimate of drug-likeness (QED) is 0.696. The number of benzene rings is 1. The maximum atomic E-state index is 14.4. The molecule has 1 aliphatic heterocycles. The van der Waals surface area contributed by atoms with Crippen LogP contribution in [0.3, 0.4) is 0 Å². The van der Waals surface area contributed by atoms with Gasteiger partial charge in [-0.1, -0.05) is 0 Å². The van der Waals surface area contributed by atoms with Gasteiger partial charge in [-0.15, -0.1) is 0 Å². The second kappa shape index (κ2) is 6.64. The zero-order valence-corrected chi connectivity index (χ0v) is 14.5. The Morgan fingerprint density at radius 3 is 2.77 bits per heavy atom. The molecule has 2 aromatic heterocycles. The smallest absolute Gasteiger partial charge is 0.182 e. The highest BCUT2D eigenvalue weighted by Gasteiger charge is 2.25. The molecule has 2 atom stereocenters. The van der Waals surface area contributed by atoms with Crippen molar-refractivity contribution in [1.82, 2.24) is 19.9 Å². The van der Waals surface area contributed by atoms with E-state index in [2.05, 4.69) is 19.9 Å². The Labute approximate surface area is 149 Å². The van der Waals surface area contributed by atoms with Crippen LogP contribution < -0.4 is 0 Å². The van der Waals surface area contributed by atoms with Gasteiger partial charge in [0.05, 0.1) is 11.8 Å². The van der Waals surface area contributed by atoms with Gasteiger partial charge < -0.3 is 4.74 Å². The standard InChI is InChI=1S/C19H18F2N4O/c1-10-9-22-17-16(14-4-3-13(20)8-15(14)21)24-18(25-19(17)23-10)12-5-6-26-11(2)7-12/h3-4,8-9,11-12H,5-7H2,1-2H3/t11-,12-/m0/s1. The summed E-state index contributed by atoms with van der Waals surface area (Å²) in [6, 6.07) is 3.44. The number of hydrogen-bond donors (Lipinski definition) is 0. The second-order valence-corrected chi connectivity index (χ2v) is 6.64. The topological polar surface area (TPSA) is 60.8 Å². The van der Waals surface area contributed by atoms with Crippen LogP contribution in [0.1, 0.15) is 37.2 Å². The first-order valence-corrected chi connectivity index (χ1v) is 8.59. The number of hydrogen-bond acceptors (Lipinski definition) is 5. The first-order chi connectivity index (χ1) is 12.5. The van der Waals surface area contributed by atoms with Crippen LogP contribution in [0.15, 0.2) is 24.4 Å². The predicted molar refractivity (Wildman–Crippen MR) is 92.6 cm³/mol. The summed E-state index contributed by atoms with van der Waals surface area (Å²) in [5, 5.41) is 0. The van der Waals surface area contributed by atoms with Crippen molar-refractivity contribution >= 4 is 11.2 Å². The van der Waals surface area contributed by atoms with Crippen molar-refractivity contribution in [3.8, 4) is 11.3 Å². The van der Waals surface area contributed by atoms with Gasteiger partial charge in [-0.05, 0) is 38.8 Å². The zero-order valence-electron chi connectivity index (χ0n) is 14.5. The molecule has 0 spiro atoms. The third-order valence-corrected chi connectivity index (χ3v) is 4.58. The van der Waals surface area contributed by atoms with Crippen LogP contribution >= 0.6 is 0 Å². The van der Waals surface area contributed by atoms with Gasteiger partial charge in [0.15, 0.2) is 5.65 Å². The Morgan fingerprint density at radius 2 is 2.00 bits per heavy atom. The van der Waals surface area contributed by atoms with Crippen molar-refractivity contribution in [3.05, 3.63) is 47.5 Å². The van der Waals surface area contributed by atoms with E-state index in [1.165, 1.54) is 12.1 Å². The van der Waals surface area contributed by atoms with E-state index in [9.17, 15) is 8.78 Å². The largest absolute Gasteiger partial charge is 0.378 e. The fraction of sp³-hybridized carbons (Fsp3) is 0.368. The molecule has 134 valence electrons. The number of aryl methyl sites for hydroxylation is 1. The molecule has 3 heterocycles. The minimum absolute atomic E-state index is 0.104. The molecule has 1 saturated heterocycles. The fourth-order valence-electron chi connectivity index (χ4n) is 3.30. The summed E-state index contributed by atoms with van der Waals surface area (Å²) in [6.07, 6.45) is 3.28. The Hall–Kier alpha value is -2.54. The van der Waals surface area contributed by atoms with Gasteiger partial charge in [0.25, 0.3) is 0 Å². The molecule has 0 N–H and O–H groups in total. The van der Waals surface area contributed by atoms with Crippen molar-refractivity contribution in [2.45, 2.75) is 38.7 Å². The first-order valence-electron chi connectivity index (χ1n) is 8.59. The van der Waals surface area contributed by atoms with Crippen molar-refractivity contribution < 1.29 is 13.5 Å². The lowest BCUT2D eigenvalue weighted by atomic mass is 9.95. The molecule has 3 aromatic rings. The lowest BCUT2D eigenvalue weighted by Gasteiger charge is -2.26. The molecule has 0 radical (unpaired) electrons. The van der Waals surface area contributed by atoms with Crippen LogP contribution in [0.4, 0.5) is 8.78 Å². The monoisotopic (exact) mass is 356 g/mol. The molecule has 0 unspecified atom stereocenters. The molecule has 0 bridgehead atoms. The van der Waals surface area contributed by atoms with Crippen LogP contribution in [0.5, 0.6) is 0 Å². The predicted octanol–water partition coefficient (Wildman–Crippen LogP) is 3.96. The highest BCUT2D eigenvalue weighted by molar-refractivity contribution is 5.86. The lowest BCUT2D eigenvalue weighted by molar-refractivity contribution is 0.0173. The Balaban J connectivity index is 1.92. The van der Waals surface area contributed by atoms with Crippen LogP contribution in [0.2, 0.25) is 0 Å². The first kappa shape index (κ1) is 16.9. The van der Waals surface area contributed by atoms with Gasteiger partial charge in [0.1, 0.15) is 28.7 Å². The summed E-state index contributed by atoms with van der Waals surface area (Å²) < 4.78 is 33.3. The van der Waals surface area contributed by atoms with E-state index in [0.29, 0.717) is 35.0 Å². The van der Waals surface area contributed by atoms with Gasteiger partial charge >= 0.3 is 0 Å². The normalized spacial score (nSPS) is 20.5. The number of aromatic nitrogens is 4. The lowest BCUT2D eigenvalue weighted by Crippen LogP contribution is -2.23. The molecule has 1 aliphatic rings. The molecule has 1 aromatic carbocycles. The maximum Gasteiger partial charge on any atom is 0.182 e. The molecule has 7 heteroatoms. The van der Waals surface area contributed by atoms with Crippen molar-refractivity contribution in [2.24, 2.45) is 0 Å². The molecular formula is C19H18F2N4O. The Bertz CT molecular complexity index is 979. The minimum atomic E-state index is -0.682. The molecule has 4 rings (SSSR count). The van der Waals surface area contributed by atoms with E-state index in [4.69, 9.17) is 4.74 Å². The molecule has 1 fully saturated rings. The van der Waals surface area contributed by atoms with Crippen molar-refractivity contribution in [3.63, 3.8) is 0 Å². The third-order valence-electron chi connectivity index (χ3n) is 4.58. The van der Waals surface area contributed by atoms with Gasteiger partial charge in [0, 0.05) is 30.4 Å². The average Bonchev–Trinajstić information content (AvgIpc) is 2.60. The molecule has 0 amide bonds. The van der Waals surface area contributed by atoms with Gasteiger partial charge in [-0.2, -0.15) is 0 Å². The number of rotatable bonds is 2. The van der Waals surface area contributed by atoms with Crippen LogP contribution in [-0.4, -0.2) is 32.6 Å². The highest BCUT2D eigenvalue weighted by Crippen LogP contribution is 2.32. The average molecular weight is 356 g/mol. The number of halogens is 2. The summed E-state index contributed by atoms with van der Waals surface area (Å²) in [6.45, 7) is 4.47. The van der Waals surface area contributed by atoms with Gasteiger partial charge in [0.2, 0.25) is 0 Å². The molecule has 0 aliphatic carbocycles. The molecule has 5 nitrogen and oxygen atoms in total. The fourth-order valence-corrected chi connectivity index (χ4v) is 3.30. The van der Waals surface area contributed by atoms with Crippen molar-refractivity contribution in [1.29, 1.82) is 0 Å². The maximum absolute atomic E-state index is 14.4. The number of fused-ring (bicyclic) bond motifs is 1. The summed E-state index contributed by atoms with van der Waals surface area (Å²) in [5.41, 5.74) is 2.08. The Morgan fingerprint density at radius 1 is 1.15 bits per heavy atom. The van der Waals surface area contributed by atoms with E-state index in [-0.39, 0.29) is 17.6 Å². The molecule has 26 heavy (non-hydrogen) atoms. The molecule has 0 saturated carbocycles. The van der Waals surface area contributed by atoms with Gasteiger partial charge in [-0.3, -0.25) is 0 Å². The van der Waals surface area contributed by atoms with Crippen LogP contribution in [0, 0.1) is 18.6 Å². The van der Waals surface area contributed by atoms with E-state index in [0.717, 1.165) is 18.9 Å². The van der Waals surface area contributed by atoms with E-state index in [1.807, 2.05) is 13.8 Å². The molecular weight excluding hydrogens is 338 g/mol. The Kier molecular flexibility index (Phi) is 4.32. The van der Waals surface area contributed by atoms with Crippen molar-refractivity contribution in [2.75, 3.05) is 6.61 Å². The van der Waals surface area contributed by atoms with E-state index < -0.39 is 11.6 Å². The van der Waals surface area contributed by atoms with Crippen LogP contribution in [-0.2, 0) is 4.74 Å². The summed E-state index contributed by atoms with van der Waals surface area (Å²) >= 11 is 0. The second-order valence-electron chi connectivity index (χ2n) is 6.64. The minimum Gasteiger partial charge on any atom is -0.378 e. The summed E-state index contributed by atoms with van der Waals surface area (Å²) in [7, 11) is 0. The number of nitrogens with zero attached hydrogens (tertiary/aromatic N) is 4. The zero-order chi connectivity index (χ0) is 18.3.